The molecule has 1 N–H and O–H groups in total. The molecule has 5 nitrogen and oxygen atoms in total. The largest absolute Gasteiger partial charge is 0.496 e. The summed E-state index contributed by atoms with van der Waals surface area (Å²) in [6.45, 7) is 0.487. The van der Waals surface area contributed by atoms with E-state index < -0.39 is 0 Å². The van der Waals surface area contributed by atoms with Crippen LogP contribution in [-0.2, 0) is 17.6 Å². The molecule has 0 radical (unpaired) electrons. The molecular weight excluding hydrogens is 292 g/mol. The van der Waals surface area contributed by atoms with Crippen molar-refractivity contribution in [3.8, 4) is 5.75 Å². The lowest BCUT2D eigenvalue weighted by molar-refractivity contribution is -0.120. The van der Waals surface area contributed by atoms with Crippen molar-refractivity contribution >= 4 is 17.0 Å². The number of hydrogen-bond acceptors (Lipinski definition) is 4. The Morgan fingerprint density at radius 1 is 1.17 bits per heavy atom. The van der Waals surface area contributed by atoms with Gasteiger partial charge in [0.2, 0.25) is 5.91 Å². The molecule has 0 bridgehead atoms. The van der Waals surface area contributed by atoms with Gasteiger partial charge in [-0.3, -0.25) is 4.79 Å². The minimum absolute atomic E-state index is 0.0504. The maximum Gasteiger partial charge on any atom is 0.224 e. The number of fused-ring (bicyclic) bond motifs is 1. The lowest BCUT2D eigenvalue weighted by atomic mass is 10.1. The number of ether oxygens (including phenoxy) is 1. The average Bonchev–Trinajstić information content (AvgIpc) is 2.98. The van der Waals surface area contributed by atoms with Gasteiger partial charge in [0, 0.05) is 18.5 Å². The Morgan fingerprint density at radius 2 is 1.96 bits per heavy atom. The summed E-state index contributed by atoms with van der Waals surface area (Å²) in [6.07, 6.45) is 0.851. The zero-order valence-corrected chi connectivity index (χ0v) is 12.9. The smallest absolute Gasteiger partial charge is 0.224 e. The molecule has 0 aliphatic heterocycles. The molecule has 1 amide bonds. The van der Waals surface area contributed by atoms with Gasteiger partial charge in [-0.2, -0.15) is 0 Å². The number of nitrogens with one attached hydrogen (secondary N) is 1. The standard InChI is InChI=1S/C18H18N2O3/c1-22-15-8-4-2-6-13(15)12-17(21)19-11-10-18-20-14-7-3-5-9-16(14)23-18/h2-9H,10-12H2,1H3,(H,19,21). The Labute approximate surface area is 134 Å². The van der Waals surface area contributed by atoms with Crippen LogP contribution < -0.4 is 10.1 Å². The zero-order valence-electron chi connectivity index (χ0n) is 12.9. The molecule has 1 aromatic heterocycles. The Morgan fingerprint density at radius 3 is 2.78 bits per heavy atom. The minimum atomic E-state index is -0.0504. The quantitative estimate of drug-likeness (QED) is 0.760. The molecule has 5 heteroatoms. The van der Waals surface area contributed by atoms with Gasteiger partial charge < -0.3 is 14.5 Å². The fourth-order valence-corrected chi connectivity index (χ4v) is 2.42. The van der Waals surface area contributed by atoms with Gasteiger partial charge >= 0.3 is 0 Å². The lowest BCUT2D eigenvalue weighted by Crippen LogP contribution is -2.27. The van der Waals surface area contributed by atoms with Crippen molar-refractivity contribution < 1.29 is 13.9 Å². The first kappa shape index (κ1) is 15.1. The molecule has 3 aromatic rings. The van der Waals surface area contributed by atoms with Crippen LogP contribution in [0.3, 0.4) is 0 Å². The van der Waals surface area contributed by atoms with Crippen molar-refractivity contribution in [2.24, 2.45) is 0 Å². The molecule has 0 unspecified atom stereocenters. The number of hydrogen-bond donors (Lipinski definition) is 1. The van der Waals surface area contributed by atoms with Gasteiger partial charge in [0.25, 0.3) is 0 Å². The second-order valence-corrected chi connectivity index (χ2v) is 5.16. The molecule has 1 heterocycles. The Balaban J connectivity index is 1.53. The first-order chi connectivity index (χ1) is 11.3. The van der Waals surface area contributed by atoms with Crippen LogP contribution in [0.5, 0.6) is 5.75 Å². The molecule has 0 atom stereocenters. The van der Waals surface area contributed by atoms with Crippen molar-refractivity contribution in [3.05, 3.63) is 60.0 Å². The fraction of sp³-hybridized carbons (Fsp3) is 0.222. The molecule has 0 spiro atoms. The van der Waals surface area contributed by atoms with E-state index in [1.807, 2.05) is 48.5 Å². The van der Waals surface area contributed by atoms with E-state index in [0.717, 1.165) is 22.4 Å². The number of methoxy groups -OCH3 is 1. The molecule has 23 heavy (non-hydrogen) atoms. The summed E-state index contributed by atoms with van der Waals surface area (Å²) in [6, 6.07) is 15.1. The number of benzene rings is 2. The first-order valence-electron chi connectivity index (χ1n) is 7.49. The first-order valence-corrected chi connectivity index (χ1v) is 7.49. The van der Waals surface area contributed by atoms with Crippen molar-refractivity contribution in [2.75, 3.05) is 13.7 Å². The predicted octanol–water partition coefficient (Wildman–Crippen LogP) is 2.74. The molecular formula is C18H18N2O3. The molecule has 0 aliphatic rings. The topological polar surface area (TPSA) is 64.4 Å². The van der Waals surface area contributed by atoms with Gasteiger partial charge in [0.1, 0.15) is 11.3 Å². The fourth-order valence-electron chi connectivity index (χ4n) is 2.42. The van der Waals surface area contributed by atoms with Crippen molar-refractivity contribution in [1.29, 1.82) is 0 Å². The van der Waals surface area contributed by atoms with Crippen LogP contribution in [-0.4, -0.2) is 24.5 Å². The van der Waals surface area contributed by atoms with E-state index in [4.69, 9.17) is 9.15 Å². The SMILES string of the molecule is COc1ccccc1CC(=O)NCCc1nc2ccccc2o1. The minimum Gasteiger partial charge on any atom is -0.496 e. The van der Waals surface area contributed by atoms with Crippen LogP contribution in [0.4, 0.5) is 0 Å². The monoisotopic (exact) mass is 310 g/mol. The molecule has 3 rings (SSSR count). The molecule has 0 saturated heterocycles. The summed E-state index contributed by atoms with van der Waals surface area (Å²) >= 11 is 0. The van der Waals surface area contributed by atoms with E-state index in [1.54, 1.807) is 7.11 Å². The molecule has 2 aromatic carbocycles. The number of aromatic nitrogens is 1. The van der Waals surface area contributed by atoms with Gasteiger partial charge in [-0.05, 0) is 18.2 Å². The Hall–Kier alpha value is -2.82. The number of rotatable bonds is 6. The zero-order chi connectivity index (χ0) is 16.1. The van der Waals surface area contributed by atoms with Gasteiger partial charge in [-0.15, -0.1) is 0 Å². The van der Waals surface area contributed by atoms with Gasteiger partial charge in [-0.25, -0.2) is 4.98 Å². The van der Waals surface area contributed by atoms with Crippen molar-refractivity contribution in [1.82, 2.24) is 10.3 Å². The Bertz CT molecular complexity index is 778. The summed E-state index contributed by atoms with van der Waals surface area (Å²) in [4.78, 5) is 16.4. The molecule has 0 fully saturated rings. The maximum atomic E-state index is 12.0. The van der Waals surface area contributed by atoms with E-state index in [-0.39, 0.29) is 12.3 Å². The van der Waals surface area contributed by atoms with Crippen LogP contribution in [0.1, 0.15) is 11.5 Å². The van der Waals surface area contributed by atoms with E-state index in [2.05, 4.69) is 10.3 Å². The summed E-state index contributed by atoms with van der Waals surface area (Å²) in [5.74, 6) is 1.30. The highest BCUT2D eigenvalue weighted by molar-refractivity contribution is 5.79. The molecule has 0 saturated carbocycles. The number of carbonyl (C=O) groups is 1. The third kappa shape index (κ3) is 3.69. The maximum absolute atomic E-state index is 12.0. The van der Waals surface area contributed by atoms with Crippen molar-refractivity contribution in [3.63, 3.8) is 0 Å². The number of nitrogens with zero attached hydrogens (tertiary/aromatic N) is 1. The van der Waals surface area contributed by atoms with Crippen LogP contribution in [0.15, 0.2) is 52.9 Å². The number of carbonyl (C=O) groups excluding carboxylic acids is 1. The normalized spacial score (nSPS) is 10.7. The van der Waals surface area contributed by atoms with E-state index >= 15 is 0 Å². The van der Waals surface area contributed by atoms with E-state index in [9.17, 15) is 4.79 Å². The van der Waals surface area contributed by atoms with Crippen LogP contribution in [0.2, 0.25) is 0 Å². The molecule has 118 valence electrons. The van der Waals surface area contributed by atoms with Crippen LogP contribution in [0, 0.1) is 0 Å². The summed E-state index contributed by atoms with van der Waals surface area (Å²) in [7, 11) is 1.60. The second kappa shape index (κ2) is 6.96. The number of oxazole rings is 1. The van der Waals surface area contributed by atoms with E-state index in [1.165, 1.54) is 0 Å². The van der Waals surface area contributed by atoms with Gasteiger partial charge in [0.15, 0.2) is 11.5 Å². The van der Waals surface area contributed by atoms with Gasteiger partial charge in [-0.1, -0.05) is 30.3 Å². The van der Waals surface area contributed by atoms with E-state index in [0.29, 0.717) is 18.9 Å². The highest BCUT2D eigenvalue weighted by atomic mass is 16.5. The third-order valence-corrected chi connectivity index (χ3v) is 3.54. The third-order valence-electron chi connectivity index (χ3n) is 3.54. The highest BCUT2D eigenvalue weighted by Crippen LogP contribution is 2.17. The number of amides is 1. The lowest BCUT2D eigenvalue weighted by Gasteiger charge is -2.08. The van der Waals surface area contributed by atoms with Crippen LogP contribution >= 0.6 is 0 Å². The summed E-state index contributed by atoms with van der Waals surface area (Å²) < 4.78 is 10.9. The molecule has 0 aliphatic carbocycles. The van der Waals surface area contributed by atoms with Gasteiger partial charge in [0.05, 0.1) is 13.5 Å². The van der Waals surface area contributed by atoms with Crippen molar-refractivity contribution in [2.45, 2.75) is 12.8 Å². The number of para-hydroxylation sites is 3. The summed E-state index contributed by atoms with van der Waals surface area (Å²) in [5.41, 5.74) is 2.47. The highest BCUT2D eigenvalue weighted by Gasteiger charge is 2.09. The summed E-state index contributed by atoms with van der Waals surface area (Å²) in [5, 5.41) is 2.88. The average molecular weight is 310 g/mol. The van der Waals surface area contributed by atoms with Crippen LogP contribution in [0.25, 0.3) is 11.1 Å². The Kier molecular flexibility index (Phi) is 4.57. The second-order valence-electron chi connectivity index (χ2n) is 5.16. The predicted molar refractivity (Wildman–Crippen MR) is 87.4 cm³/mol.